The topological polar surface area (TPSA) is 55.6 Å². The predicted octanol–water partition coefficient (Wildman–Crippen LogP) is 1.27. The van der Waals surface area contributed by atoms with E-state index in [2.05, 4.69) is 0 Å². The maximum Gasteiger partial charge on any atom is 0.410 e. The van der Waals surface area contributed by atoms with Crippen molar-refractivity contribution in [3.8, 4) is 0 Å². The predicted molar refractivity (Wildman–Crippen MR) is 60.9 cm³/mol. The van der Waals surface area contributed by atoms with Gasteiger partial charge in [-0.25, -0.2) is 4.79 Å². The second-order valence-corrected chi connectivity index (χ2v) is 4.02. The molecule has 1 aliphatic rings. The molecule has 16 heavy (non-hydrogen) atoms. The van der Waals surface area contributed by atoms with Crippen molar-refractivity contribution in [1.29, 1.82) is 0 Å². The van der Waals surface area contributed by atoms with Crippen molar-refractivity contribution in [2.24, 2.45) is 5.73 Å². The molecule has 1 aromatic carbocycles. The first-order valence-corrected chi connectivity index (χ1v) is 5.40. The zero-order valence-corrected chi connectivity index (χ0v) is 9.35. The maximum absolute atomic E-state index is 11.5. The summed E-state index contributed by atoms with van der Waals surface area (Å²) in [5, 5.41) is 0. The van der Waals surface area contributed by atoms with E-state index in [0.29, 0.717) is 19.7 Å². The SMILES string of the molecule is Cc1ccccc1CN1C(=O)OCC1CN. The van der Waals surface area contributed by atoms with E-state index in [1.165, 1.54) is 5.56 Å². The number of amides is 1. The van der Waals surface area contributed by atoms with Gasteiger partial charge in [0.25, 0.3) is 0 Å². The van der Waals surface area contributed by atoms with Crippen molar-refractivity contribution >= 4 is 6.09 Å². The number of carbonyl (C=O) groups excluding carboxylic acids is 1. The van der Waals surface area contributed by atoms with Crippen LogP contribution in [0.4, 0.5) is 4.79 Å². The van der Waals surface area contributed by atoms with Crippen LogP contribution in [-0.2, 0) is 11.3 Å². The molecule has 1 aromatic rings. The standard InChI is InChI=1S/C12H16N2O2/c1-9-4-2-3-5-10(9)7-14-11(6-13)8-16-12(14)15/h2-5,11H,6-8,13H2,1H3. The summed E-state index contributed by atoms with van der Waals surface area (Å²) in [6, 6.07) is 8.03. The van der Waals surface area contributed by atoms with Crippen molar-refractivity contribution in [3.05, 3.63) is 35.4 Å². The van der Waals surface area contributed by atoms with E-state index in [4.69, 9.17) is 10.5 Å². The van der Waals surface area contributed by atoms with Gasteiger partial charge in [0.2, 0.25) is 0 Å². The number of carbonyl (C=O) groups is 1. The van der Waals surface area contributed by atoms with Crippen LogP contribution in [0.2, 0.25) is 0 Å². The first-order valence-electron chi connectivity index (χ1n) is 5.40. The quantitative estimate of drug-likeness (QED) is 0.834. The monoisotopic (exact) mass is 220 g/mol. The Morgan fingerprint density at radius 1 is 1.50 bits per heavy atom. The van der Waals surface area contributed by atoms with Gasteiger partial charge < -0.3 is 10.5 Å². The lowest BCUT2D eigenvalue weighted by Gasteiger charge is -2.20. The molecule has 1 heterocycles. The van der Waals surface area contributed by atoms with Crippen molar-refractivity contribution in [2.75, 3.05) is 13.2 Å². The highest BCUT2D eigenvalue weighted by molar-refractivity contribution is 5.70. The van der Waals surface area contributed by atoms with Crippen LogP contribution in [-0.4, -0.2) is 30.2 Å². The molecule has 1 atom stereocenters. The number of hydrogen-bond donors (Lipinski definition) is 1. The smallest absolute Gasteiger partial charge is 0.410 e. The minimum atomic E-state index is -0.265. The molecular weight excluding hydrogens is 204 g/mol. The second kappa shape index (κ2) is 4.53. The molecule has 0 aliphatic carbocycles. The molecule has 0 saturated carbocycles. The number of nitrogens with zero attached hydrogens (tertiary/aromatic N) is 1. The van der Waals surface area contributed by atoms with Gasteiger partial charge in [-0.3, -0.25) is 4.90 Å². The third kappa shape index (κ3) is 2.02. The van der Waals surface area contributed by atoms with E-state index in [1.807, 2.05) is 31.2 Å². The van der Waals surface area contributed by atoms with E-state index in [1.54, 1.807) is 4.90 Å². The van der Waals surface area contributed by atoms with Gasteiger partial charge >= 0.3 is 6.09 Å². The van der Waals surface area contributed by atoms with Crippen LogP contribution >= 0.6 is 0 Å². The van der Waals surface area contributed by atoms with Crippen LogP contribution in [0.25, 0.3) is 0 Å². The summed E-state index contributed by atoms with van der Waals surface area (Å²) in [5.41, 5.74) is 7.92. The largest absolute Gasteiger partial charge is 0.447 e. The molecule has 4 heteroatoms. The van der Waals surface area contributed by atoms with Crippen LogP contribution < -0.4 is 5.73 Å². The van der Waals surface area contributed by atoms with E-state index in [-0.39, 0.29) is 12.1 Å². The van der Waals surface area contributed by atoms with Crippen LogP contribution in [0, 0.1) is 6.92 Å². The first-order chi connectivity index (χ1) is 7.72. The molecule has 1 fully saturated rings. The van der Waals surface area contributed by atoms with Gasteiger partial charge in [0.05, 0.1) is 6.04 Å². The summed E-state index contributed by atoms with van der Waals surface area (Å²) < 4.78 is 4.99. The van der Waals surface area contributed by atoms with Gasteiger partial charge in [-0.1, -0.05) is 24.3 Å². The summed E-state index contributed by atoms with van der Waals surface area (Å²) in [5.74, 6) is 0. The molecule has 0 aromatic heterocycles. The van der Waals surface area contributed by atoms with Crippen LogP contribution in [0.5, 0.6) is 0 Å². The Labute approximate surface area is 95.0 Å². The molecule has 0 radical (unpaired) electrons. The molecule has 1 amide bonds. The van der Waals surface area contributed by atoms with Gasteiger partial charge in [0.15, 0.2) is 0 Å². The van der Waals surface area contributed by atoms with Gasteiger partial charge in [0.1, 0.15) is 6.61 Å². The molecule has 2 N–H and O–H groups in total. The summed E-state index contributed by atoms with van der Waals surface area (Å²) >= 11 is 0. The van der Waals surface area contributed by atoms with Crippen LogP contribution in [0.3, 0.4) is 0 Å². The van der Waals surface area contributed by atoms with Crippen molar-refractivity contribution in [1.82, 2.24) is 4.90 Å². The third-order valence-electron chi connectivity index (χ3n) is 2.95. The molecule has 1 unspecified atom stereocenters. The molecule has 1 aliphatic heterocycles. The highest BCUT2D eigenvalue weighted by atomic mass is 16.6. The van der Waals surface area contributed by atoms with E-state index in [0.717, 1.165) is 5.56 Å². The normalized spacial score (nSPS) is 20.0. The van der Waals surface area contributed by atoms with Crippen molar-refractivity contribution < 1.29 is 9.53 Å². The van der Waals surface area contributed by atoms with Gasteiger partial charge in [-0.2, -0.15) is 0 Å². The number of benzene rings is 1. The molecular formula is C12H16N2O2. The first kappa shape index (κ1) is 11.0. The molecule has 86 valence electrons. The number of nitrogens with two attached hydrogens (primary N) is 1. The molecule has 0 spiro atoms. The Balaban J connectivity index is 2.14. The number of ether oxygens (including phenoxy) is 1. The lowest BCUT2D eigenvalue weighted by Crippen LogP contribution is -2.38. The van der Waals surface area contributed by atoms with Gasteiger partial charge in [-0.15, -0.1) is 0 Å². The number of hydrogen-bond acceptors (Lipinski definition) is 3. The lowest BCUT2D eigenvalue weighted by atomic mass is 10.1. The number of cyclic esters (lactones) is 1. The highest BCUT2D eigenvalue weighted by Gasteiger charge is 2.31. The Morgan fingerprint density at radius 2 is 2.25 bits per heavy atom. The highest BCUT2D eigenvalue weighted by Crippen LogP contribution is 2.17. The lowest BCUT2D eigenvalue weighted by molar-refractivity contribution is 0.156. The van der Waals surface area contributed by atoms with E-state index < -0.39 is 0 Å². The van der Waals surface area contributed by atoms with E-state index in [9.17, 15) is 4.79 Å². The maximum atomic E-state index is 11.5. The Bertz CT molecular complexity index is 392. The van der Waals surface area contributed by atoms with Crippen LogP contribution in [0.1, 0.15) is 11.1 Å². The fraction of sp³-hybridized carbons (Fsp3) is 0.417. The van der Waals surface area contributed by atoms with Crippen molar-refractivity contribution in [3.63, 3.8) is 0 Å². The Kier molecular flexibility index (Phi) is 3.10. The second-order valence-electron chi connectivity index (χ2n) is 4.02. The van der Waals surface area contributed by atoms with Crippen molar-refractivity contribution in [2.45, 2.75) is 19.5 Å². The summed E-state index contributed by atoms with van der Waals surface area (Å²) in [6.07, 6.45) is -0.265. The van der Waals surface area contributed by atoms with Crippen LogP contribution in [0.15, 0.2) is 24.3 Å². The minimum Gasteiger partial charge on any atom is -0.447 e. The average Bonchev–Trinajstić information content (AvgIpc) is 2.63. The van der Waals surface area contributed by atoms with Gasteiger partial charge in [0, 0.05) is 13.1 Å². The molecule has 1 saturated heterocycles. The van der Waals surface area contributed by atoms with Gasteiger partial charge in [-0.05, 0) is 18.1 Å². The minimum absolute atomic E-state index is 0.00658. The van der Waals surface area contributed by atoms with E-state index >= 15 is 0 Å². The number of aryl methyl sites for hydroxylation is 1. The fourth-order valence-electron chi connectivity index (χ4n) is 1.85. The molecule has 0 bridgehead atoms. The fourth-order valence-corrected chi connectivity index (χ4v) is 1.85. The summed E-state index contributed by atoms with van der Waals surface area (Å²) in [4.78, 5) is 13.2. The zero-order valence-electron chi connectivity index (χ0n) is 9.35. The summed E-state index contributed by atoms with van der Waals surface area (Å²) in [7, 11) is 0. The Hall–Kier alpha value is -1.55. The molecule has 2 rings (SSSR count). The number of rotatable bonds is 3. The third-order valence-corrected chi connectivity index (χ3v) is 2.95. The average molecular weight is 220 g/mol. The Morgan fingerprint density at radius 3 is 2.94 bits per heavy atom. The zero-order chi connectivity index (χ0) is 11.5. The summed E-state index contributed by atoms with van der Waals surface area (Å²) in [6.45, 7) is 3.46. The molecule has 4 nitrogen and oxygen atoms in total.